The third-order valence-corrected chi connectivity index (χ3v) is 5.88. The first-order chi connectivity index (χ1) is 13.9. The van der Waals surface area contributed by atoms with E-state index in [0.29, 0.717) is 0 Å². The molecule has 0 atom stereocenters. The second kappa shape index (κ2) is 10.9. The Morgan fingerprint density at radius 1 is 0.655 bits per heavy atom. The molecule has 0 radical (unpaired) electrons. The van der Waals surface area contributed by atoms with Crippen LogP contribution in [0.15, 0.2) is 73.1 Å². The number of rotatable bonds is 12. The lowest BCUT2D eigenvalue weighted by Gasteiger charge is -2.31. The SMILES string of the molecule is C=C(NCCc1ccc(CC)cc1)C(C)(C)C(=C)NCCc1ccc(CC)cc1. The van der Waals surface area contributed by atoms with E-state index >= 15 is 0 Å². The summed E-state index contributed by atoms with van der Waals surface area (Å²) in [4.78, 5) is 0. The van der Waals surface area contributed by atoms with Crippen LogP contribution in [0.25, 0.3) is 0 Å². The highest BCUT2D eigenvalue weighted by atomic mass is 14.9. The van der Waals surface area contributed by atoms with Gasteiger partial charge in [0.2, 0.25) is 0 Å². The maximum atomic E-state index is 4.28. The minimum Gasteiger partial charge on any atom is -0.388 e. The van der Waals surface area contributed by atoms with Crippen molar-refractivity contribution in [2.45, 2.75) is 53.4 Å². The van der Waals surface area contributed by atoms with Crippen LogP contribution in [-0.4, -0.2) is 13.1 Å². The molecular formula is C27H38N2. The number of hydrogen-bond donors (Lipinski definition) is 2. The van der Waals surface area contributed by atoms with Crippen molar-refractivity contribution in [3.05, 3.63) is 95.3 Å². The molecular weight excluding hydrogens is 352 g/mol. The average molecular weight is 391 g/mol. The van der Waals surface area contributed by atoms with E-state index in [1.54, 1.807) is 0 Å². The lowest BCUT2D eigenvalue weighted by atomic mass is 9.86. The van der Waals surface area contributed by atoms with Gasteiger partial charge in [0.15, 0.2) is 0 Å². The van der Waals surface area contributed by atoms with Crippen molar-refractivity contribution in [3.63, 3.8) is 0 Å². The van der Waals surface area contributed by atoms with Gasteiger partial charge in [-0.15, -0.1) is 0 Å². The fourth-order valence-electron chi connectivity index (χ4n) is 3.22. The van der Waals surface area contributed by atoms with Gasteiger partial charge in [0.25, 0.3) is 0 Å². The molecule has 0 bridgehead atoms. The molecule has 2 rings (SSSR count). The molecule has 2 aromatic carbocycles. The Morgan fingerprint density at radius 2 is 0.966 bits per heavy atom. The number of benzene rings is 2. The molecule has 0 amide bonds. The Hall–Kier alpha value is -2.48. The zero-order chi connectivity index (χ0) is 21.3. The van der Waals surface area contributed by atoms with Gasteiger partial charge in [-0.2, -0.15) is 0 Å². The van der Waals surface area contributed by atoms with Crippen molar-refractivity contribution in [1.29, 1.82) is 0 Å². The van der Waals surface area contributed by atoms with Crippen molar-refractivity contribution in [2.75, 3.05) is 13.1 Å². The van der Waals surface area contributed by atoms with E-state index in [1.807, 2.05) is 0 Å². The molecule has 156 valence electrons. The normalized spacial score (nSPS) is 11.2. The molecule has 2 nitrogen and oxygen atoms in total. The van der Waals surface area contributed by atoms with E-state index in [2.05, 4.69) is 100 Å². The smallest absolute Gasteiger partial charge is 0.0428 e. The molecule has 0 aliphatic carbocycles. The van der Waals surface area contributed by atoms with Crippen LogP contribution in [0.1, 0.15) is 49.9 Å². The topological polar surface area (TPSA) is 24.1 Å². The fraction of sp³-hybridized carbons (Fsp3) is 0.407. The summed E-state index contributed by atoms with van der Waals surface area (Å²) in [5, 5.41) is 7.01. The van der Waals surface area contributed by atoms with E-state index in [0.717, 1.165) is 50.2 Å². The van der Waals surface area contributed by atoms with Crippen LogP contribution >= 0.6 is 0 Å². The van der Waals surface area contributed by atoms with Crippen LogP contribution in [0.4, 0.5) is 0 Å². The fourth-order valence-corrected chi connectivity index (χ4v) is 3.22. The molecule has 0 aliphatic heterocycles. The summed E-state index contributed by atoms with van der Waals surface area (Å²) in [5.74, 6) is 0. The quantitative estimate of drug-likeness (QED) is 0.476. The minimum atomic E-state index is -0.210. The summed E-state index contributed by atoms with van der Waals surface area (Å²) < 4.78 is 0. The molecule has 0 saturated carbocycles. The summed E-state index contributed by atoms with van der Waals surface area (Å²) >= 11 is 0. The molecule has 0 spiro atoms. The lowest BCUT2D eigenvalue weighted by molar-refractivity contribution is 0.458. The van der Waals surface area contributed by atoms with Gasteiger partial charge in [-0.3, -0.25) is 0 Å². The molecule has 2 heteroatoms. The highest BCUT2D eigenvalue weighted by Gasteiger charge is 2.25. The predicted molar refractivity (Wildman–Crippen MR) is 127 cm³/mol. The molecule has 0 aromatic heterocycles. The third kappa shape index (κ3) is 6.81. The second-order valence-electron chi connectivity index (χ2n) is 8.28. The van der Waals surface area contributed by atoms with Gasteiger partial charge >= 0.3 is 0 Å². The summed E-state index contributed by atoms with van der Waals surface area (Å²) in [6.45, 7) is 19.0. The van der Waals surface area contributed by atoms with Gasteiger partial charge < -0.3 is 10.6 Å². The largest absolute Gasteiger partial charge is 0.388 e. The molecule has 0 aliphatic rings. The Labute approximate surface area is 178 Å². The maximum Gasteiger partial charge on any atom is 0.0428 e. The van der Waals surface area contributed by atoms with Gasteiger partial charge in [0.1, 0.15) is 0 Å². The van der Waals surface area contributed by atoms with Crippen molar-refractivity contribution in [3.8, 4) is 0 Å². The zero-order valence-corrected chi connectivity index (χ0v) is 18.8. The molecule has 0 heterocycles. The number of hydrogen-bond acceptors (Lipinski definition) is 2. The zero-order valence-electron chi connectivity index (χ0n) is 18.8. The van der Waals surface area contributed by atoms with Crippen LogP contribution < -0.4 is 10.6 Å². The Bertz CT molecular complexity index is 715. The molecule has 0 fully saturated rings. The van der Waals surface area contributed by atoms with Crippen molar-refractivity contribution in [2.24, 2.45) is 5.41 Å². The first kappa shape index (κ1) is 22.8. The van der Waals surface area contributed by atoms with E-state index < -0.39 is 0 Å². The molecule has 2 aromatic rings. The lowest BCUT2D eigenvalue weighted by Crippen LogP contribution is -2.34. The van der Waals surface area contributed by atoms with Gasteiger partial charge in [0.05, 0.1) is 0 Å². The monoisotopic (exact) mass is 390 g/mol. The molecule has 0 unspecified atom stereocenters. The van der Waals surface area contributed by atoms with Crippen molar-refractivity contribution in [1.82, 2.24) is 10.6 Å². The minimum absolute atomic E-state index is 0.210. The maximum absolute atomic E-state index is 4.28. The second-order valence-corrected chi connectivity index (χ2v) is 8.28. The summed E-state index contributed by atoms with van der Waals surface area (Å²) in [5.41, 5.74) is 7.28. The van der Waals surface area contributed by atoms with E-state index in [9.17, 15) is 0 Å². The third-order valence-electron chi connectivity index (χ3n) is 5.88. The molecule has 2 N–H and O–H groups in total. The number of aryl methyl sites for hydroxylation is 2. The average Bonchev–Trinajstić information content (AvgIpc) is 2.74. The van der Waals surface area contributed by atoms with E-state index in [4.69, 9.17) is 0 Å². The summed E-state index contributed by atoms with van der Waals surface area (Å²) in [6.07, 6.45) is 4.16. The van der Waals surface area contributed by atoms with Crippen LogP contribution in [0, 0.1) is 5.41 Å². The highest BCUT2D eigenvalue weighted by Crippen LogP contribution is 2.29. The first-order valence-electron chi connectivity index (χ1n) is 10.9. The molecule has 29 heavy (non-hydrogen) atoms. The van der Waals surface area contributed by atoms with Gasteiger partial charge in [-0.1, -0.05) is 75.5 Å². The van der Waals surface area contributed by atoms with Crippen LogP contribution in [-0.2, 0) is 25.7 Å². The van der Waals surface area contributed by atoms with Crippen molar-refractivity contribution < 1.29 is 0 Å². The van der Waals surface area contributed by atoms with Crippen LogP contribution in [0.3, 0.4) is 0 Å². The van der Waals surface area contributed by atoms with E-state index in [1.165, 1.54) is 22.3 Å². The van der Waals surface area contributed by atoms with Crippen molar-refractivity contribution >= 4 is 0 Å². The van der Waals surface area contributed by atoms with Crippen LogP contribution in [0.5, 0.6) is 0 Å². The van der Waals surface area contributed by atoms with E-state index in [-0.39, 0.29) is 5.41 Å². The standard InChI is InChI=1S/C27H38N2/c1-7-23-9-13-25(14-10-23)17-19-28-21(3)27(5,6)22(4)29-20-18-26-15-11-24(8-2)12-16-26/h9-16,28-29H,3-4,7-8,17-20H2,1-2,5-6H3. The van der Waals surface area contributed by atoms with Gasteiger partial charge in [-0.05, 0) is 61.8 Å². The Kier molecular flexibility index (Phi) is 8.57. The first-order valence-corrected chi connectivity index (χ1v) is 10.9. The highest BCUT2D eigenvalue weighted by molar-refractivity contribution is 5.25. The number of nitrogens with one attached hydrogen (secondary N) is 2. The Morgan fingerprint density at radius 3 is 1.28 bits per heavy atom. The molecule has 0 saturated heterocycles. The summed E-state index contributed by atoms with van der Waals surface area (Å²) in [7, 11) is 0. The Balaban J connectivity index is 1.76. The van der Waals surface area contributed by atoms with Gasteiger partial charge in [-0.25, -0.2) is 0 Å². The van der Waals surface area contributed by atoms with Crippen LogP contribution in [0.2, 0.25) is 0 Å². The predicted octanol–water partition coefficient (Wildman–Crippen LogP) is 5.83. The summed E-state index contributed by atoms with van der Waals surface area (Å²) in [6, 6.07) is 17.8. The van der Waals surface area contributed by atoms with Gasteiger partial charge in [0, 0.05) is 29.9 Å².